The first-order chi connectivity index (χ1) is 9.31. The van der Waals surface area contributed by atoms with E-state index < -0.39 is 6.04 Å². The summed E-state index contributed by atoms with van der Waals surface area (Å²) in [6, 6.07) is -0.317. The fourth-order valence-electron chi connectivity index (χ4n) is 2.55. The van der Waals surface area contributed by atoms with Crippen molar-refractivity contribution in [2.24, 2.45) is 23.5 Å². The van der Waals surface area contributed by atoms with Gasteiger partial charge in [0, 0.05) is 6.04 Å². The Bertz CT molecular complexity index is 344. The van der Waals surface area contributed by atoms with Gasteiger partial charge in [-0.15, -0.1) is 0 Å². The van der Waals surface area contributed by atoms with Crippen LogP contribution < -0.4 is 16.4 Å². The Morgan fingerprint density at radius 2 is 1.85 bits per heavy atom. The third-order valence-electron chi connectivity index (χ3n) is 4.41. The lowest BCUT2D eigenvalue weighted by atomic mass is 9.79. The number of rotatable bonds is 5. The molecule has 3 unspecified atom stereocenters. The third kappa shape index (κ3) is 5.12. The van der Waals surface area contributed by atoms with E-state index in [4.69, 9.17) is 5.73 Å². The molecule has 2 amide bonds. The van der Waals surface area contributed by atoms with Crippen LogP contribution in [0, 0.1) is 17.8 Å². The van der Waals surface area contributed by atoms with Crippen molar-refractivity contribution in [3.8, 4) is 0 Å². The zero-order valence-electron chi connectivity index (χ0n) is 13.1. The minimum Gasteiger partial charge on any atom is -0.352 e. The van der Waals surface area contributed by atoms with Crippen LogP contribution in [-0.4, -0.2) is 30.4 Å². The van der Waals surface area contributed by atoms with Crippen LogP contribution >= 0.6 is 0 Å². The summed E-state index contributed by atoms with van der Waals surface area (Å²) in [6.45, 7) is 8.27. The molecule has 1 rings (SSSR count). The second-order valence-corrected chi connectivity index (χ2v) is 6.52. The van der Waals surface area contributed by atoms with Crippen molar-refractivity contribution in [2.75, 3.05) is 6.54 Å². The van der Waals surface area contributed by atoms with Gasteiger partial charge in [-0.3, -0.25) is 9.59 Å². The number of carbonyl (C=O) groups excluding carboxylic acids is 2. The zero-order valence-corrected chi connectivity index (χ0v) is 13.1. The summed E-state index contributed by atoms with van der Waals surface area (Å²) in [5, 5.41) is 5.60. The molecule has 0 spiro atoms. The third-order valence-corrected chi connectivity index (χ3v) is 4.41. The molecule has 0 aliphatic heterocycles. The minimum atomic E-state index is -0.557. The van der Waals surface area contributed by atoms with Gasteiger partial charge in [-0.1, -0.05) is 27.7 Å². The van der Waals surface area contributed by atoms with Gasteiger partial charge in [0.15, 0.2) is 0 Å². The van der Waals surface area contributed by atoms with Crippen LogP contribution in [0.1, 0.15) is 47.0 Å². The highest BCUT2D eigenvalue weighted by Crippen LogP contribution is 2.29. The molecule has 5 heteroatoms. The maximum absolute atomic E-state index is 11.8. The molecule has 1 aliphatic rings. The van der Waals surface area contributed by atoms with Crippen molar-refractivity contribution in [3.05, 3.63) is 0 Å². The van der Waals surface area contributed by atoms with Crippen LogP contribution in [0.25, 0.3) is 0 Å². The molecule has 1 saturated carbocycles. The first-order valence-electron chi connectivity index (χ1n) is 7.64. The quantitative estimate of drug-likeness (QED) is 0.704. The smallest absolute Gasteiger partial charge is 0.239 e. The molecule has 116 valence electrons. The van der Waals surface area contributed by atoms with E-state index in [2.05, 4.69) is 24.5 Å². The van der Waals surface area contributed by atoms with Gasteiger partial charge >= 0.3 is 0 Å². The zero-order chi connectivity index (χ0) is 15.3. The lowest BCUT2D eigenvalue weighted by Crippen LogP contribution is -2.49. The van der Waals surface area contributed by atoms with E-state index in [1.54, 1.807) is 0 Å². The molecule has 20 heavy (non-hydrogen) atoms. The number of hydrogen-bond donors (Lipinski definition) is 3. The van der Waals surface area contributed by atoms with Crippen molar-refractivity contribution >= 4 is 11.8 Å². The summed E-state index contributed by atoms with van der Waals surface area (Å²) in [5.41, 5.74) is 5.72. The monoisotopic (exact) mass is 283 g/mol. The molecule has 0 bridgehead atoms. The average molecular weight is 283 g/mol. The van der Waals surface area contributed by atoms with Crippen LogP contribution in [0.2, 0.25) is 0 Å². The molecule has 5 nitrogen and oxygen atoms in total. The van der Waals surface area contributed by atoms with Crippen LogP contribution in [0.15, 0.2) is 0 Å². The highest BCUT2D eigenvalue weighted by molar-refractivity contribution is 5.87. The highest BCUT2D eigenvalue weighted by atomic mass is 16.2. The lowest BCUT2D eigenvalue weighted by Gasteiger charge is -2.32. The van der Waals surface area contributed by atoms with Crippen LogP contribution in [0.5, 0.6) is 0 Å². The molecule has 0 heterocycles. The van der Waals surface area contributed by atoms with Crippen LogP contribution in [0.3, 0.4) is 0 Å². The summed E-state index contributed by atoms with van der Waals surface area (Å²) in [5.74, 6) is 1.05. The van der Waals surface area contributed by atoms with E-state index >= 15 is 0 Å². The Labute approximate surface area is 122 Å². The maximum Gasteiger partial charge on any atom is 0.239 e. The fourth-order valence-corrected chi connectivity index (χ4v) is 2.55. The van der Waals surface area contributed by atoms with E-state index in [1.807, 2.05) is 13.8 Å². The molecule has 4 atom stereocenters. The molecular formula is C15H29N3O2. The summed E-state index contributed by atoms with van der Waals surface area (Å²) in [6.07, 6.45) is 3.19. The second kappa shape index (κ2) is 7.62. The standard InChI is InChI=1S/C15H29N3O2/c1-9(2)14(16)15(20)17-8-13(19)18-12-6-5-10(3)11(4)7-12/h9-12,14H,5-8,16H2,1-4H3,(H,17,20)(H,18,19)/t10?,11?,12?,14-/m0/s1. The highest BCUT2D eigenvalue weighted by Gasteiger charge is 2.25. The van der Waals surface area contributed by atoms with Crippen molar-refractivity contribution < 1.29 is 9.59 Å². The first-order valence-corrected chi connectivity index (χ1v) is 7.64. The molecule has 0 saturated heterocycles. The van der Waals surface area contributed by atoms with E-state index in [-0.39, 0.29) is 30.3 Å². The molecule has 1 aliphatic carbocycles. The molecule has 1 fully saturated rings. The summed E-state index contributed by atoms with van der Waals surface area (Å²) < 4.78 is 0. The maximum atomic E-state index is 11.8. The summed E-state index contributed by atoms with van der Waals surface area (Å²) in [4.78, 5) is 23.5. The van der Waals surface area contributed by atoms with Gasteiger partial charge < -0.3 is 16.4 Å². The minimum absolute atomic E-state index is 0.0136. The van der Waals surface area contributed by atoms with Crippen molar-refractivity contribution in [3.63, 3.8) is 0 Å². The largest absolute Gasteiger partial charge is 0.352 e. The molecule has 0 aromatic rings. The number of nitrogens with one attached hydrogen (secondary N) is 2. The van der Waals surface area contributed by atoms with Gasteiger partial charge in [0.1, 0.15) is 0 Å². The average Bonchev–Trinajstić information content (AvgIpc) is 2.39. The van der Waals surface area contributed by atoms with E-state index in [1.165, 1.54) is 0 Å². The molecule has 0 aromatic carbocycles. The number of amides is 2. The Balaban J connectivity index is 2.29. The van der Waals surface area contributed by atoms with Crippen molar-refractivity contribution in [1.29, 1.82) is 0 Å². The number of carbonyl (C=O) groups is 2. The van der Waals surface area contributed by atoms with Crippen LogP contribution in [-0.2, 0) is 9.59 Å². The van der Waals surface area contributed by atoms with Gasteiger partial charge in [-0.25, -0.2) is 0 Å². The Morgan fingerprint density at radius 3 is 2.40 bits per heavy atom. The second-order valence-electron chi connectivity index (χ2n) is 6.52. The Kier molecular flexibility index (Phi) is 6.46. The first kappa shape index (κ1) is 17.0. The molecule has 4 N–H and O–H groups in total. The molecular weight excluding hydrogens is 254 g/mol. The summed E-state index contributed by atoms with van der Waals surface area (Å²) >= 11 is 0. The van der Waals surface area contributed by atoms with Gasteiger partial charge in [0.05, 0.1) is 12.6 Å². The Hall–Kier alpha value is -1.10. The molecule has 0 aromatic heterocycles. The van der Waals surface area contributed by atoms with Gasteiger partial charge in [0.2, 0.25) is 11.8 Å². The predicted octanol–water partition coefficient (Wildman–Crippen LogP) is 1.03. The Morgan fingerprint density at radius 1 is 1.20 bits per heavy atom. The number of hydrogen-bond acceptors (Lipinski definition) is 3. The van der Waals surface area contributed by atoms with Crippen LogP contribution in [0.4, 0.5) is 0 Å². The topological polar surface area (TPSA) is 84.2 Å². The lowest BCUT2D eigenvalue weighted by molar-refractivity contribution is -0.127. The van der Waals surface area contributed by atoms with Crippen molar-refractivity contribution in [1.82, 2.24) is 10.6 Å². The van der Waals surface area contributed by atoms with Gasteiger partial charge in [-0.2, -0.15) is 0 Å². The normalized spacial score (nSPS) is 28.0. The van der Waals surface area contributed by atoms with E-state index in [0.29, 0.717) is 5.92 Å². The predicted molar refractivity (Wildman–Crippen MR) is 79.9 cm³/mol. The fraction of sp³-hybridized carbons (Fsp3) is 0.867. The number of nitrogens with two attached hydrogens (primary N) is 1. The van der Waals surface area contributed by atoms with E-state index in [9.17, 15) is 9.59 Å². The molecule has 0 radical (unpaired) electrons. The summed E-state index contributed by atoms with van der Waals surface area (Å²) in [7, 11) is 0. The SMILES string of the molecule is CC1CCC(NC(=O)CNC(=O)[C@@H](N)C(C)C)CC1C. The van der Waals surface area contributed by atoms with E-state index in [0.717, 1.165) is 25.2 Å². The van der Waals surface area contributed by atoms with Gasteiger partial charge in [0.25, 0.3) is 0 Å². The van der Waals surface area contributed by atoms with Crippen molar-refractivity contribution in [2.45, 2.75) is 59.0 Å². The van der Waals surface area contributed by atoms with Gasteiger partial charge in [-0.05, 0) is 37.0 Å².